The molecule has 196 valence electrons. The minimum Gasteiger partial charge on any atom is -0.491 e. The molecule has 2 N–H and O–H groups in total. The lowest BCUT2D eigenvalue weighted by atomic mass is 9.86. The molecule has 0 spiro atoms. The lowest BCUT2D eigenvalue weighted by Crippen LogP contribution is -2.39. The first-order valence-corrected chi connectivity index (χ1v) is 13.6. The number of benzene rings is 2. The van der Waals surface area contributed by atoms with Crippen LogP contribution in [-0.2, 0) is 11.2 Å². The van der Waals surface area contributed by atoms with Crippen LogP contribution in [0.4, 0.5) is 4.39 Å². The van der Waals surface area contributed by atoms with Gasteiger partial charge in [-0.1, -0.05) is 24.3 Å². The monoisotopic (exact) mass is 523 g/mol. The molecular formula is C30H34FNO4S. The van der Waals surface area contributed by atoms with E-state index in [4.69, 9.17) is 4.74 Å². The first-order valence-electron chi connectivity index (χ1n) is 12.8. The molecule has 1 amide bonds. The molecule has 1 fully saturated rings. The van der Waals surface area contributed by atoms with Crippen LogP contribution in [0.3, 0.4) is 0 Å². The molecule has 4 rings (SSSR count). The number of carboxylic acid groups (broad SMARTS) is 1. The summed E-state index contributed by atoms with van der Waals surface area (Å²) in [5.74, 6) is -0.966. The normalized spacial score (nSPS) is 17.6. The van der Waals surface area contributed by atoms with Crippen LogP contribution in [0.25, 0.3) is 11.1 Å². The van der Waals surface area contributed by atoms with Crippen molar-refractivity contribution in [2.75, 3.05) is 0 Å². The van der Waals surface area contributed by atoms with Crippen molar-refractivity contribution in [1.82, 2.24) is 5.32 Å². The van der Waals surface area contributed by atoms with E-state index in [2.05, 4.69) is 5.32 Å². The predicted octanol–water partition coefficient (Wildman–Crippen LogP) is 6.92. The standard InChI is InChI=1S/C30H34FNO4S/c1-17(2)36-26-15-23(14-24(31)16-26)21-7-5-20(6-8-21)13-27-18(3)37-19(4)28(27)29(33)32-25-11-9-22(10-12-25)30(34)35/h5-8,14-17,22,25H,9-13H2,1-4H3,(H,32,33)(H,34,35). The van der Waals surface area contributed by atoms with Crippen LogP contribution < -0.4 is 10.1 Å². The van der Waals surface area contributed by atoms with E-state index in [9.17, 15) is 19.1 Å². The van der Waals surface area contributed by atoms with Crippen molar-refractivity contribution in [2.45, 2.75) is 71.9 Å². The highest BCUT2D eigenvalue weighted by atomic mass is 32.1. The Labute approximate surface area is 221 Å². The van der Waals surface area contributed by atoms with Crippen molar-refractivity contribution in [3.8, 4) is 16.9 Å². The summed E-state index contributed by atoms with van der Waals surface area (Å²) in [6, 6.07) is 12.7. The number of halogens is 1. The number of carbonyl (C=O) groups excluding carboxylic acids is 1. The Kier molecular flexibility index (Phi) is 8.32. The van der Waals surface area contributed by atoms with Gasteiger partial charge in [0, 0.05) is 21.9 Å². The second kappa shape index (κ2) is 11.5. The Hall–Kier alpha value is -3.19. The number of carboxylic acids is 1. The molecule has 1 aliphatic carbocycles. The topological polar surface area (TPSA) is 75.6 Å². The second-order valence-electron chi connectivity index (χ2n) is 10.1. The van der Waals surface area contributed by atoms with Crippen LogP contribution in [0.5, 0.6) is 5.75 Å². The van der Waals surface area contributed by atoms with Crippen LogP contribution in [0.1, 0.15) is 70.8 Å². The third-order valence-corrected chi connectivity index (χ3v) is 8.00. The van der Waals surface area contributed by atoms with Crippen molar-refractivity contribution >= 4 is 23.2 Å². The quantitative estimate of drug-likeness (QED) is 0.336. The van der Waals surface area contributed by atoms with E-state index in [0.29, 0.717) is 37.9 Å². The van der Waals surface area contributed by atoms with Gasteiger partial charge in [-0.3, -0.25) is 9.59 Å². The molecule has 2 aromatic carbocycles. The Bertz CT molecular complexity index is 1270. The maximum absolute atomic E-state index is 14.2. The summed E-state index contributed by atoms with van der Waals surface area (Å²) in [7, 11) is 0. The summed E-state index contributed by atoms with van der Waals surface area (Å²) in [6.07, 6.45) is 3.14. The average molecular weight is 524 g/mol. The lowest BCUT2D eigenvalue weighted by Gasteiger charge is -2.27. The van der Waals surface area contributed by atoms with E-state index < -0.39 is 5.97 Å². The molecular weight excluding hydrogens is 489 g/mol. The summed E-state index contributed by atoms with van der Waals surface area (Å²) in [4.78, 5) is 26.6. The fraction of sp³-hybridized carbons (Fsp3) is 0.400. The number of nitrogens with one attached hydrogen (secondary N) is 1. The smallest absolute Gasteiger partial charge is 0.306 e. The fourth-order valence-electron chi connectivity index (χ4n) is 5.07. The van der Waals surface area contributed by atoms with Gasteiger partial charge in [-0.15, -0.1) is 11.3 Å². The summed E-state index contributed by atoms with van der Waals surface area (Å²) >= 11 is 1.62. The van der Waals surface area contributed by atoms with Gasteiger partial charge in [-0.25, -0.2) is 4.39 Å². The molecule has 3 aromatic rings. The number of amides is 1. The van der Waals surface area contributed by atoms with Crippen molar-refractivity contribution in [3.05, 3.63) is 74.7 Å². The number of ether oxygens (including phenoxy) is 1. The molecule has 0 bridgehead atoms. The first kappa shape index (κ1) is 26.9. The maximum atomic E-state index is 14.2. The molecule has 37 heavy (non-hydrogen) atoms. The number of aliphatic carboxylic acids is 1. The highest BCUT2D eigenvalue weighted by Gasteiger charge is 2.28. The molecule has 0 saturated heterocycles. The molecule has 1 saturated carbocycles. The summed E-state index contributed by atoms with van der Waals surface area (Å²) in [5, 5.41) is 12.4. The van der Waals surface area contributed by atoms with E-state index in [-0.39, 0.29) is 29.8 Å². The van der Waals surface area contributed by atoms with Gasteiger partial charge in [0.1, 0.15) is 11.6 Å². The molecule has 1 aliphatic rings. The van der Waals surface area contributed by atoms with Crippen LogP contribution in [0.15, 0.2) is 42.5 Å². The van der Waals surface area contributed by atoms with Gasteiger partial charge < -0.3 is 15.2 Å². The van der Waals surface area contributed by atoms with Crippen molar-refractivity contribution in [2.24, 2.45) is 5.92 Å². The molecule has 0 unspecified atom stereocenters. The molecule has 1 heterocycles. The van der Waals surface area contributed by atoms with Gasteiger partial charge in [0.15, 0.2) is 0 Å². The SMILES string of the molecule is Cc1sc(C)c(C(=O)NC2CCC(C(=O)O)CC2)c1Cc1ccc(-c2cc(F)cc(OC(C)C)c2)cc1. The van der Waals surface area contributed by atoms with Gasteiger partial charge >= 0.3 is 5.97 Å². The second-order valence-corrected chi connectivity index (χ2v) is 11.6. The Morgan fingerprint density at radius 2 is 1.70 bits per heavy atom. The van der Waals surface area contributed by atoms with E-state index in [1.807, 2.05) is 58.0 Å². The number of thiophene rings is 1. The Morgan fingerprint density at radius 1 is 1.03 bits per heavy atom. The third-order valence-electron chi connectivity index (χ3n) is 6.93. The molecule has 0 radical (unpaired) electrons. The molecule has 1 aromatic heterocycles. The predicted molar refractivity (Wildman–Crippen MR) is 145 cm³/mol. The average Bonchev–Trinajstić information content (AvgIpc) is 3.11. The van der Waals surface area contributed by atoms with Crippen LogP contribution in [0, 0.1) is 25.6 Å². The molecule has 0 atom stereocenters. The van der Waals surface area contributed by atoms with E-state index >= 15 is 0 Å². The van der Waals surface area contributed by atoms with Gasteiger partial charge in [0.2, 0.25) is 0 Å². The Morgan fingerprint density at radius 3 is 2.32 bits per heavy atom. The number of hydrogen-bond donors (Lipinski definition) is 2. The Balaban J connectivity index is 1.49. The highest BCUT2D eigenvalue weighted by molar-refractivity contribution is 7.12. The van der Waals surface area contributed by atoms with Gasteiger partial charge in [0.05, 0.1) is 17.6 Å². The summed E-state index contributed by atoms with van der Waals surface area (Å²) in [6.45, 7) is 7.83. The van der Waals surface area contributed by atoms with E-state index in [1.54, 1.807) is 11.3 Å². The minimum absolute atomic E-state index is 0.00525. The number of rotatable bonds is 8. The van der Waals surface area contributed by atoms with E-state index in [1.165, 1.54) is 12.1 Å². The van der Waals surface area contributed by atoms with Crippen LogP contribution >= 0.6 is 11.3 Å². The number of hydrogen-bond acceptors (Lipinski definition) is 4. The zero-order chi connectivity index (χ0) is 26.7. The first-order chi connectivity index (χ1) is 17.6. The van der Waals surface area contributed by atoms with Gasteiger partial charge in [-0.05, 0) is 94.2 Å². The third kappa shape index (κ3) is 6.58. The van der Waals surface area contributed by atoms with Gasteiger partial charge in [0.25, 0.3) is 5.91 Å². The minimum atomic E-state index is -0.746. The fourth-order valence-corrected chi connectivity index (χ4v) is 6.15. The highest BCUT2D eigenvalue weighted by Crippen LogP contribution is 2.32. The molecule has 7 heteroatoms. The maximum Gasteiger partial charge on any atom is 0.306 e. The lowest BCUT2D eigenvalue weighted by molar-refractivity contribution is -0.142. The zero-order valence-electron chi connectivity index (χ0n) is 21.8. The summed E-state index contributed by atoms with van der Waals surface area (Å²) in [5.41, 5.74) is 4.46. The van der Waals surface area contributed by atoms with Crippen LogP contribution in [0.2, 0.25) is 0 Å². The van der Waals surface area contributed by atoms with Crippen LogP contribution in [-0.4, -0.2) is 29.1 Å². The number of aryl methyl sites for hydroxylation is 2. The zero-order valence-corrected chi connectivity index (χ0v) is 22.6. The summed E-state index contributed by atoms with van der Waals surface area (Å²) < 4.78 is 19.9. The van der Waals surface area contributed by atoms with Crippen molar-refractivity contribution in [1.29, 1.82) is 0 Å². The van der Waals surface area contributed by atoms with Crippen molar-refractivity contribution in [3.63, 3.8) is 0 Å². The van der Waals surface area contributed by atoms with Gasteiger partial charge in [-0.2, -0.15) is 0 Å². The molecule has 0 aliphatic heterocycles. The van der Waals surface area contributed by atoms with E-state index in [0.717, 1.165) is 37.6 Å². The van der Waals surface area contributed by atoms with Crippen molar-refractivity contribution < 1.29 is 23.8 Å². The number of carbonyl (C=O) groups is 2. The largest absolute Gasteiger partial charge is 0.491 e. The molecule has 5 nitrogen and oxygen atoms in total.